The number of fused-ring (bicyclic) bond motifs is 16. The molecule has 0 aliphatic heterocycles. The lowest BCUT2D eigenvalue weighted by Gasteiger charge is -2.22. The van der Waals surface area contributed by atoms with Gasteiger partial charge in [-0.3, -0.25) is 9.97 Å². The molecule has 0 amide bonds. The maximum atomic E-state index is 5.03. The molecule has 24 rings (SSSR count). The summed E-state index contributed by atoms with van der Waals surface area (Å²) in [5.41, 5.74) is 44.4. The van der Waals surface area contributed by atoms with Crippen LogP contribution >= 0.6 is 0 Å². The number of hydrogen-bond donors (Lipinski definition) is 0. The van der Waals surface area contributed by atoms with Crippen LogP contribution in [-0.2, 0) is 23.7 Å². The zero-order valence-corrected chi connectivity index (χ0v) is 67.9. The Morgan fingerprint density at radius 1 is 0.252 bits per heavy atom. The van der Waals surface area contributed by atoms with Crippen molar-refractivity contribution in [3.8, 4) is 134 Å². The average molecular weight is 1530 g/mol. The first-order chi connectivity index (χ1) is 57.5. The van der Waals surface area contributed by atoms with E-state index in [4.69, 9.17) is 29.9 Å². The van der Waals surface area contributed by atoms with Gasteiger partial charge in [0.2, 0.25) is 0 Å². The molecular formula is C111H88N8. The fourth-order valence-electron chi connectivity index (χ4n) is 18.8. The van der Waals surface area contributed by atoms with Crippen molar-refractivity contribution < 1.29 is 0 Å². The maximum absolute atomic E-state index is 5.03. The molecule has 4 heterocycles. The molecule has 0 bridgehead atoms. The predicted octanol–water partition coefficient (Wildman–Crippen LogP) is 29.4. The lowest BCUT2D eigenvalue weighted by Crippen LogP contribution is -2.11. The fraction of sp³-hybridized carbons (Fsp3) is 0.135. The lowest BCUT2D eigenvalue weighted by molar-refractivity contribution is 0.590. The molecule has 4 aliphatic carbocycles. The Hall–Kier alpha value is -14.1. The SMILES string of the molecule is C.CC(C)(C)c1ccc2c(c1)-c1cccc3c(C(C)(C)C)ccc-2c13.CCc1ccc2c(c1)-c1cccc3c(CC)ccc-2c13.Cc1nc2ccccc2nc1-c1ccc2c(c1)-c1cccc3c(-c4nc5ccccc5nc4C)ccc-2c13.c1ccc2nc(-c3ccc4c(c3)-c3cccc5c(-c6cnc7ccccc7n6)ccc-4c35)cnc2c1. The number of aromatic nitrogens is 8. The van der Waals surface area contributed by atoms with Crippen molar-refractivity contribution >= 4 is 87.2 Å². The van der Waals surface area contributed by atoms with E-state index in [1.807, 2.05) is 123 Å². The van der Waals surface area contributed by atoms with Crippen molar-refractivity contribution in [2.24, 2.45) is 0 Å². The van der Waals surface area contributed by atoms with Crippen LogP contribution in [0.15, 0.2) is 304 Å². The van der Waals surface area contributed by atoms with Gasteiger partial charge in [0, 0.05) is 22.3 Å². The van der Waals surface area contributed by atoms with Crippen LogP contribution in [0.25, 0.3) is 221 Å². The zero-order chi connectivity index (χ0) is 80.0. The van der Waals surface area contributed by atoms with Crippen LogP contribution in [0, 0.1) is 13.8 Å². The first kappa shape index (κ1) is 73.8. The minimum atomic E-state index is 0. The number of hydrogen-bond acceptors (Lipinski definition) is 8. The molecule has 572 valence electrons. The molecule has 8 heteroatoms. The van der Waals surface area contributed by atoms with Gasteiger partial charge in [0.05, 0.1) is 90.7 Å². The highest BCUT2D eigenvalue weighted by Crippen LogP contribution is 2.55. The van der Waals surface area contributed by atoms with Crippen molar-refractivity contribution in [2.45, 2.75) is 100 Å². The standard InChI is InChI=1S/C34H22N4.C32H18N4.C24H26.C20H18.CH4/c1-19-33(37-30-12-5-3-10-28(30)35-19)21-14-15-22-25-16-17-26(23-8-7-9-24(32(23)25)27(22)18-21)34-20(2)36-29-11-4-6-13-31(29)38-34;1-3-10-28-26(8-1)33-17-30(35-28)19-12-13-20-24-15-14-21(22-6-5-7-23(32(22)24)25(20)16-19)31-18-34-27-9-2-4-11-29(27)36-31;1-23(2,3)15-10-11-16-18-12-13-21(24(4,5)6)19-9-7-8-17(22(18)19)20(16)14-15;1-3-13-8-10-16-18-11-9-14(4-2)15-6-5-7-17(20(15)18)19(16)12-13;/h3-18H,1-2H3;1-18H;7-14H,1-6H3;5-12H,3-4H2,1-2H3;1H4. The monoisotopic (exact) mass is 1530 g/mol. The van der Waals surface area contributed by atoms with Crippen LogP contribution in [0.5, 0.6) is 0 Å². The average Bonchev–Trinajstić information content (AvgIpc) is 1.60. The second-order valence-electron chi connectivity index (χ2n) is 33.8. The van der Waals surface area contributed by atoms with E-state index in [0.29, 0.717) is 0 Å². The smallest absolute Gasteiger partial charge is 0.0928 e. The van der Waals surface area contributed by atoms with E-state index >= 15 is 0 Å². The second-order valence-corrected chi connectivity index (χ2v) is 33.8. The molecule has 4 aromatic heterocycles. The first-order valence-corrected chi connectivity index (χ1v) is 41.2. The number of nitrogens with zero attached hydrogens (tertiary/aromatic N) is 8. The Morgan fingerprint density at radius 3 is 1.18 bits per heavy atom. The molecule has 0 unspecified atom stereocenters. The van der Waals surface area contributed by atoms with Gasteiger partial charge in [-0.2, -0.15) is 0 Å². The van der Waals surface area contributed by atoms with Gasteiger partial charge in [-0.25, -0.2) is 29.9 Å². The van der Waals surface area contributed by atoms with Crippen molar-refractivity contribution in [3.05, 3.63) is 337 Å². The van der Waals surface area contributed by atoms with Crippen LogP contribution in [0.4, 0.5) is 0 Å². The van der Waals surface area contributed by atoms with Crippen LogP contribution in [0.2, 0.25) is 0 Å². The molecule has 4 aliphatic rings. The van der Waals surface area contributed by atoms with Gasteiger partial charge in [0.25, 0.3) is 0 Å². The summed E-state index contributed by atoms with van der Waals surface area (Å²) >= 11 is 0. The van der Waals surface area contributed by atoms with Crippen molar-refractivity contribution in [1.82, 2.24) is 39.9 Å². The van der Waals surface area contributed by atoms with E-state index in [1.54, 1.807) is 0 Å². The molecule has 0 N–H and O–H groups in total. The molecule has 0 saturated heterocycles. The topological polar surface area (TPSA) is 103 Å². The summed E-state index contributed by atoms with van der Waals surface area (Å²) < 4.78 is 0. The summed E-state index contributed by atoms with van der Waals surface area (Å²) in [7, 11) is 0. The van der Waals surface area contributed by atoms with Gasteiger partial charge in [0.15, 0.2) is 0 Å². The van der Waals surface area contributed by atoms with Crippen molar-refractivity contribution in [1.29, 1.82) is 0 Å². The Kier molecular flexibility index (Phi) is 17.8. The van der Waals surface area contributed by atoms with E-state index in [1.165, 1.54) is 154 Å². The summed E-state index contributed by atoms with van der Waals surface area (Å²) in [5, 5.41) is 10.7. The van der Waals surface area contributed by atoms with Crippen molar-refractivity contribution in [2.75, 3.05) is 0 Å². The third-order valence-electron chi connectivity index (χ3n) is 24.7. The van der Waals surface area contributed by atoms with Gasteiger partial charge in [-0.1, -0.05) is 287 Å². The Bertz CT molecular complexity index is 7650. The van der Waals surface area contributed by atoms with E-state index in [0.717, 1.165) is 113 Å². The van der Waals surface area contributed by atoms with Gasteiger partial charge in [0.1, 0.15) is 0 Å². The third-order valence-corrected chi connectivity index (χ3v) is 24.7. The highest BCUT2D eigenvalue weighted by atomic mass is 14.8. The summed E-state index contributed by atoms with van der Waals surface area (Å²) in [4.78, 5) is 38.8. The minimum Gasteiger partial charge on any atom is -0.252 e. The quantitative estimate of drug-likeness (QED) is 0.162. The molecule has 20 aromatic rings. The van der Waals surface area contributed by atoms with Gasteiger partial charge >= 0.3 is 0 Å². The first-order valence-electron chi connectivity index (χ1n) is 41.2. The van der Waals surface area contributed by atoms with Crippen LogP contribution < -0.4 is 0 Å². The van der Waals surface area contributed by atoms with E-state index in [-0.39, 0.29) is 18.3 Å². The summed E-state index contributed by atoms with van der Waals surface area (Å²) in [6.07, 6.45) is 5.94. The molecule has 0 spiro atoms. The van der Waals surface area contributed by atoms with Crippen LogP contribution in [-0.4, -0.2) is 39.9 Å². The lowest BCUT2D eigenvalue weighted by atomic mass is 9.82. The molecule has 16 aromatic carbocycles. The van der Waals surface area contributed by atoms with Crippen molar-refractivity contribution in [3.63, 3.8) is 0 Å². The van der Waals surface area contributed by atoms with Gasteiger partial charge < -0.3 is 0 Å². The van der Waals surface area contributed by atoms with Crippen LogP contribution in [0.1, 0.15) is 96.5 Å². The van der Waals surface area contributed by atoms with E-state index in [9.17, 15) is 0 Å². The molecule has 0 fully saturated rings. The molecule has 8 nitrogen and oxygen atoms in total. The predicted molar refractivity (Wildman–Crippen MR) is 500 cm³/mol. The summed E-state index contributed by atoms with van der Waals surface area (Å²) in [5.74, 6) is 0. The third kappa shape index (κ3) is 12.3. The largest absolute Gasteiger partial charge is 0.252 e. The Balaban J connectivity index is 0.000000104. The summed E-state index contributed by atoms with van der Waals surface area (Å²) in [6, 6.07) is 104. The van der Waals surface area contributed by atoms with Crippen LogP contribution in [0.3, 0.4) is 0 Å². The molecular weight excluding hydrogens is 1450 g/mol. The van der Waals surface area contributed by atoms with E-state index < -0.39 is 0 Å². The zero-order valence-electron chi connectivity index (χ0n) is 67.9. The number of para-hydroxylation sites is 8. The second kappa shape index (κ2) is 28.7. The Labute approximate surface area is 694 Å². The van der Waals surface area contributed by atoms with Gasteiger partial charge in [-0.15, -0.1) is 0 Å². The normalized spacial score (nSPS) is 12.1. The summed E-state index contributed by atoms with van der Waals surface area (Å²) in [6.45, 7) is 22.3. The number of rotatable bonds is 6. The molecule has 0 saturated carbocycles. The highest BCUT2D eigenvalue weighted by Gasteiger charge is 2.31. The molecule has 0 radical (unpaired) electrons. The minimum absolute atomic E-state index is 0. The number of benzene rings is 16. The molecule has 119 heavy (non-hydrogen) atoms. The van der Waals surface area contributed by atoms with E-state index in [2.05, 4.69) is 259 Å². The Morgan fingerprint density at radius 2 is 0.630 bits per heavy atom. The highest BCUT2D eigenvalue weighted by molar-refractivity contribution is 6.22. The molecule has 0 atom stereocenters. The maximum Gasteiger partial charge on any atom is 0.0928 e. The van der Waals surface area contributed by atoms with Gasteiger partial charge in [-0.05, 0) is 259 Å². The number of aryl methyl sites for hydroxylation is 4. The fourth-order valence-corrected chi connectivity index (χ4v) is 18.8.